The van der Waals surface area contributed by atoms with Crippen LogP contribution in [0.2, 0.25) is 0 Å². The van der Waals surface area contributed by atoms with E-state index in [-0.39, 0.29) is 4.75 Å². The lowest BCUT2D eigenvalue weighted by molar-refractivity contribution is 0.651. The van der Waals surface area contributed by atoms with Gasteiger partial charge < -0.3 is 0 Å². The van der Waals surface area contributed by atoms with E-state index in [1.807, 2.05) is 39.0 Å². The Balaban J connectivity index is 2.85. The first kappa shape index (κ1) is 17.8. The van der Waals surface area contributed by atoms with Crippen molar-refractivity contribution in [3.8, 4) is 0 Å². The SMILES string of the molecule is CCCCCC(=C/c1ccccc1)/C=N/S(=O)C(C)(C)C. The molecule has 1 aromatic carbocycles. The summed E-state index contributed by atoms with van der Waals surface area (Å²) in [5.41, 5.74) is 2.31. The van der Waals surface area contributed by atoms with Crippen molar-refractivity contribution in [3.63, 3.8) is 0 Å². The van der Waals surface area contributed by atoms with E-state index in [1.54, 1.807) is 6.21 Å². The number of unbranched alkanes of at least 4 members (excludes halogenated alkanes) is 2. The molecule has 0 saturated heterocycles. The van der Waals surface area contributed by atoms with Crippen LogP contribution in [0, 0.1) is 0 Å². The predicted octanol–water partition coefficient (Wildman–Crippen LogP) is 5.18. The topological polar surface area (TPSA) is 29.4 Å². The predicted molar refractivity (Wildman–Crippen MR) is 94.9 cm³/mol. The molecular formula is C18H27NOS. The van der Waals surface area contributed by atoms with E-state index < -0.39 is 11.0 Å². The van der Waals surface area contributed by atoms with Gasteiger partial charge in [0, 0.05) is 6.21 Å². The van der Waals surface area contributed by atoms with Gasteiger partial charge in [0.2, 0.25) is 0 Å². The molecule has 0 aliphatic rings. The van der Waals surface area contributed by atoms with E-state index in [0.717, 1.165) is 24.0 Å². The van der Waals surface area contributed by atoms with Gasteiger partial charge in [0.1, 0.15) is 11.0 Å². The smallest absolute Gasteiger partial charge is 0.144 e. The van der Waals surface area contributed by atoms with Gasteiger partial charge in [0.15, 0.2) is 0 Å². The van der Waals surface area contributed by atoms with E-state index in [2.05, 4.69) is 29.5 Å². The number of nitrogens with zero attached hydrogens (tertiary/aromatic N) is 1. The molecule has 0 saturated carbocycles. The molecule has 1 atom stereocenters. The maximum Gasteiger partial charge on any atom is 0.144 e. The first-order valence-electron chi connectivity index (χ1n) is 7.65. The summed E-state index contributed by atoms with van der Waals surface area (Å²) in [6.07, 6.45) is 8.46. The number of hydrogen-bond acceptors (Lipinski definition) is 1. The van der Waals surface area contributed by atoms with Crippen LogP contribution in [0.3, 0.4) is 0 Å². The molecule has 1 unspecified atom stereocenters. The maximum atomic E-state index is 12.0. The first-order valence-corrected chi connectivity index (χ1v) is 8.76. The quantitative estimate of drug-likeness (QED) is 0.504. The van der Waals surface area contributed by atoms with Crippen molar-refractivity contribution in [1.29, 1.82) is 0 Å². The molecule has 0 aliphatic carbocycles. The molecule has 0 aliphatic heterocycles. The standard InChI is InChI=1S/C18H27NOS/c1-5-6-8-13-17(14-16-11-9-7-10-12-16)15-19-21(20)18(2,3)4/h7,9-12,14-15H,5-6,8,13H2,1-4H3/b17-14-,19-15+. The Kier molecular flexibility index (Phi) is 7.58. The van der Waals surface area contributed by atoms with E-state index in [1.165, 1.54) is 12.8 Å². The number of hydrogen-bond donors (Lipinski definition) is 0. The third-order valence-electron chi connectivity index (χ3n) is 3.06. The van der Waals surface area contributed by atoms with Crippen LogP contribution in [0.5, 0.6) is 0 Å². The first-order chi connectivity index (χ1) is 9.93. The number of rotatable bonds is 7. The highest BCUT2D eigenvalue weighted by molar-refractivity contribution is 7.85. The highest BCUT2D eigenvalue weighted by Gasteiger charge is 2.18. The van der Waals surface area contributed by atoms with Crippen molar-refractivity contribution < 1.29 is 4.21 Å². The van der Waals surface area contributed by atoms with Crippen molar-refractivity contribution in [2.45, 2.75) is 58.1 Å². The van der Waals surface area contributed by atoms with Gasteiger partial charge in [-0.05, 0) is 44.7 Å². The van der Waals surface area contributed by atoms with Crippen molar-refractivity contribution in [2.75, 3.05) is 0 Å². The van der Waals surface area contributed by atoms with Gasteiger partial charge in [-0.2, -0.15) is 4.40 Å². The van der Waals surface area contributed by atoms with Crippen molar-refractivity contribution >= 4 is 23.3 Å². The summed E-state index contributed by atoms with van der Waals surface area (Å²) in [5.74, 6) is 0. The largest absolute Gasteiger partial charge is 0.234 e. The van der Waals surface area contributed by atoms with Crippen LogP contribution in [0.15, 0.2) is 40.3 Å². The highest BCUT2D eigenvalue weighted by atomic mass is 32.2. The Bertz CT molecular complexity index is 498. The van der Waals surface area contributed by atoms with Gasteiger partial charge >= 0.3 is 0 Å². The normalized spacial score (nSPS) is 14.6. The molecule has 21 heavy (non-hydrogen) atoms. The summed E-state index contributed by atoms with van der Waals surface area (Å²) >= 11 is 0. The molecule has 0 spiro atoms. The fourth-order valence-corrected chi connectivity index (χ4v) is 2.34. The van der Waals surface area contributed by atoms with E-state index in [9.17, 15) is 4.21 Å². The minimum absolute atomic E-state index is 0.308. The molecule has 0 aromatic heterocycles. The minimum Gasteiger partial charge on any atom is -0.234 e. The molecule has 2 nitrogen and oxygen atoms in total. The Labute approximate surface area is 132 Å². The van der Waals surface area contributed by atoms with E-state index >= 15 is 0 Å². The molecule has 116 valence electrons. The Hall–Kier alpha value is -1.22. The molecule has 1 aromatic rings. The Morgan fingerprint density at radius 2 is 1.86 bits per heavy atom. The number of benzene rings is 1. The van der Waals surface area contributed by atoms with Crippen LogP contribution in [-0.4, -0.2) is 15.2 Å². The van der Waals surface area contributed by atoms with E-state index in [0.29, 0.717) is 0 Å². The zero-order valence-electron chi connectivity index (χ0n) is 13.6. The van der Waals surface area contributed by atoms with Gasteiger partial charge in [-0.1, -0.05) is 56.2 Å². The average Bonchev–Trinajstić information content (AvgIpc) is 2.44. The average molecular weight is 305 g/mol. The van der Waals surface area contributed by atoms with Crippen molar-refractivity contribution in [1.82, 2.24) is 0 Å². The molecule has 1 rings (SSSR count). The van der Waals surface area contributed by atoms with E-state index in [4.69, 9.17) is 0 Å². The molecule has 0 fully saturated rings. The third-order valence-corrected chi connectivity index (χ3v) is 4.40. The van der Waals surface area contributed by atoms with Crippen LogP contribution in [-0.2, 0) is 11.0 Å². The van der Waals surface area contributed by atoms with Crippen LogP contribution in [0.25, 0.3) is 6.08 Å². The van der Waals surface area contributed by atoms with Crippen LogP contribution in [0.4, 0.5) is 0 Å². The summed E-state index contributed by atoms with van der Waals surface area (Å²) in [6, 6.07) is 10.2. The fourth-order valence-electron chi connectivity index (χ4n) is 1.79. The zero-order chi connectivity index (χ0) is 15.7. The molecule has 0 N–H and O–H groups in total. The fraction of sp³-hybridized carbons (Fsp3) is 0.500. The second-order valence-electron chi connectivity index (χ2n) is 6.18. The maximum absolute atomic E-state index is 12.0. The number of allylic oxidation sites excluding steroid dienone is 1. The summed E-state index contributed by atoms with van der Waals surface area (Å²) in [5, 5.41) is 0. The lowest BCUT2D eigenvalue weighted by Gasteiger charge is -2.13. The lowest BCUT2D eigenvalue weighted by Crippen LogP contribution is -2.19. The van der Waals surface area contributed by atoms with Gasteiger partial charge in [-0.3, -0.25) is 0 Å². The molecule has 0 bridgehead atoms. The molecule has 0 amide bonds. The van der Waals surface area contributed by atoms with Crippen molar-refractivity contribution in [3.05, 3.63) is 41.5 Å². The second kappa shape index (κ2) is 8.93. The summed E-state index contributed by atoms with van der Waals surface area (Å²) < 4.78 is 16.0. The van der Waals surface area contributed by atoms with Gasteiger partial charge in [0.25, 0.3) is 0 Å². The molecule has 0 heterocycles. The molecular weight excluding hydrogens is 278 g/mol. The monoisotopic (exact) mass is 305 g/mol. The summed E-state index contributed by atoms with van der Waals surface area (Å²) in [7, 11) is -1.19. The highest BCUT2D eigenvalue weighted by Crippen LogP contribution is 2.15. The third kappa shape index (κ3) is 7.37. The van der Waals surface area contributed by atoms with Crippen LogP contribution < -0.4 is 0 Å². The van der Waals surface area contributed by atoms with Crippen LogP contribution in [0.1, 0.15) is 58.9 Å². The Morgan fingerprint density at radius 3 is 2.43 bits per heavy atom. The van der Waals surface area contributed by atoms with Gasteiger partial charge in [-0.15, -0.1) is 0 Å². The minimum atomic E-state index is -1.19. The summed E-state index contributed by atoms with van der Waals surface area (Å²) in [4.78, 5) is 0. The molecule has 0 radical (unpaired) electrons. The van der Waals surface area contributed by atoms with Crippen molar-refractivity contribution in [2.24, 2.45) is 4.40 Å². The van der Waals surface area contributed by atoms with Gasteiger partial charge in [0.05, 0.1) is 4.75 Å². The van der Waals surface area contributed by atoms with Crippen LogP contribution >= 0.6 is 0 Å². The lowest BCUT2D eigenvalue weighted by atomic mass is 10.1. The van der Waals surface area contributed by atoms with Gasteiger partial charge in [-0.25, -0.2) is 4.21 Å². The second-order valence-corrected chi connectivity index (χ2v) is 8.12. The molecule has 3 heteroatoms. The Morgan fingerprint density at radius 1 is 1.19 bits per heavy atom. The zero-order valence-corrected chi connectivity index (χ0v) is 14.5. The summed E-state index contributed by atoms with van der Waals surface area (Å²) in [6.45, 7) is 8.03.